The fraction of sp³-hybridized carbons (Fsp3) is 0.647. The molecule has 3 atom stereocenters. The number of hydrogen-bond donors (Lipinski definition) is 2. The van der Waals surface area contributed by atoms with Gasteiger partial charge in [-0.1, -0.05) is 26.7 Å². The molecule has 0 bridgehead atoms. The average molecular weight is 288 g/mol. The molecule has 1 aromatic heterocycles. The van der Waals surface area contributed by atoms with E-state index in [1.807, 2.05) is 19.9 Å². The number of rotatable bonds is 3. The highest BCUT2D eigenvalue weighted by molar-refractivity contribution is 5.94. The molecule has 4 heteroatoms. The van der Waals surface area contributed by atoms with E-state index in [0.717, 1.165) is 18.0 Å². The molecule has 0 aliphatic heterocycles. The molecule has 1 amide bonds. The van der Waals surface area contributed by atoms with Gasteiger partial charge in [-0.2, -0.15) is 0 Å². The third-order valence-electron chi connectivity index (χ3n) is 5.20. The van der Waals surface area contributed by atoms with Gasteiger partial charge in [0.2, 0.25) is 0 Å². The number of pyridine rings is 1. The van der Waals surface area contributed by atoms with Gasteiger partial charge in [-0.15, -0.1) is 0 Å². The third kappa shape index (κ3) is 2.76. The molecule has 0 radical (unpaired) electrons. The van der Waals surface area contributed by atoms with E-state index in [4.69, 9.17) is 0 Å². The van der Waals surface area contributed by atoms with Gasteiger partial charge in [0.1, 0.15) is 5.56 Å². The van der Waals surface area contributed by atoms with Crippen LogP contribution in [0.4, 0.5) is 0 Å². The van der Waals surface area contributed by atoms with Crippen LogP contribution in [0.15, 0.2) is 16.9 Å². The molecule has 2 aliphatic rings. The van der Waals surface area contributed by atoms with Gasteiger partial charge in [0.05, 0.1) is 0 Å². The topological polar surface area (TPSA) is 62.0 Å². The molecule has 1 heterocycles. The fourth-order valence-electron chi connectivity index (χ4n) is 3.99. The molecule has 0 spiro atoms. The first-order valence-corrected chi connectivity index (χ1v) is 8.10. The van der Waals surface area contributed by atoms with Crippen molar-refractivity contribution in [2.45, 2.75) is 57.9 Å². The number of aromatic nitrogens is 1. The van der Waals surface area contributed by atoms with Crippen molar-refractivity contribution in [1.29, 1.82) is 0 Å². The molecule has 2 fully saturated rings. The van der Waals surface area contributed by atoms with Crippen LogP contribution < -0.4 is 10.9 Å². The Kier molecular flexibility index (Phi) is 3.87. The van der Waals surface area contributed by atoms with Gasteiger partial charge in [-0.25, -0.2) is 0 Å². The minimum Gasteiger partial charge on any atom is -0.349 e. The largest absolute Gasteiger partial charge is 0.349 e. The fourth-order valence-corrected chi connectivity index (χ4v) is 3.99. The van der Waals surface area contributed by atoms with E-state index in [9.17, 15) is 9.59 Å². The van der Waals surface area contributed by atoms with Crippen LogP contribution in [-0.4, -0.2) is 16.9 Å². The lowest BCUT2D eigenvalue weighted by molar-refractivity contribution is 0.0925. The highest BCUT2D eigenvalue weighted by Crippen LogP contribution is 2.43. The lowest BCUT2D eigenvalue weighted by Crippen LogP contribution is -2.40. The van der Waals surface area contributed by atoms with Crippen molar-refractivity contribution in [2.75, 3.05) is 0 Å². The van der Waals surface area contributed by atoms with Crippen LogP contribution in [-0.2, 0) is 0 Å². The van der Waals surface area contributed by atoms with Crippen LogP contribution in [0.2, 0.25) is 0 Å². The minimum absolute atomic E-state index is 0.218. The maximum absolute atomic E-state index is 12.4. The van der Waals surface area contributed by atoms with E-state index in [1.165, 1.54) is 25.7 Å². The maximum Gasteiger partial charge on any atom is 0.261 e. The summed E-state index contributed by atoms with van der Waals surface area (Å²) >= 11 is 0. The van der Waals surface area contributed by atoms with Crippen LogP contribution in [0.5, 0.6) is 0 Å². The molecule has 1 aromatic rings. The summed E-state index contributed by atoms with van der Waals surface area (Å²) in [6.07, 6.45) is 6.09. The van der Waals surface area contributed by atoms with Gasteiger partial charge >= 0.3 is 0 Å². The van der Waals surface area contributed by atoms with Gasteiger partial charge < -0.3 is 10.3 Å². The van der Waals surface area contributed by atoms with Gasteiger partial charge in [0.25, 0.3) is 11.5 Å². The molecule has 3 unspecified atom stereocenters. The summed E-state index contributed by atoms with van der Waals surface area (Å²) in [6, 6.07) is 3.76. The second kappa shape index (κ2) is 5.66. The summed E-state index contributed by atoms with van der Waals surface area (Å²) in [5, 5.41) is 3.10. The van der Waals surface area contributed by atoms with Crippen LogP contribution in [0, 0.1) is 11.8 Å². The number of carbonyl (C=O) groups excluding carboxylic acids is 1. The first-order chi connectivity index (χ1) is 10.1. The standard InChI is InChI=1S/C17H24N2O2/c1-10(2)14-9-7-13(16(20)18-14)17(21)19-15-8-6-11-4-3-5-12(11)15/h7,9-12,15H,3-6,8H2,1-2H3,(H,18,20)(H,19,21). The second-order valence-electron chi connectivity index (χ2n) is 6.82. The Morgan fingerprint density at radius 1 is 1.24 bits per heavy atom. The molecule has 2 N–H and O–H groups in total. The Hall–Kier alpha value is -1.58. The molecular formula is C17H24N2O2. The smallest absolute Gasteiger partial charge is 0.261 e. The quantitative estimate of drug-likeness (QED) is 0.898. The average Bonchev–Trinajstić information content (AvgIpc) is 3.03. The normalized spacial score (nSPS) is 27.9. The number of fused-ring (bicyclic) bond motifs is 1. The molecule has 4 nitrogen and oxygen atoms in total. The maximum atomic E-state index is 12.4. The summed E-state index contributed by atoms with van der Waals surface area (Å²) in [5.74, 6) is 1.45. The number of carbonyl (C=O) groups is 1. The summed E-state index contributed by atoms with van der Waals surface area (Å²) in [5.41, 5.74) is 0.828. The SMILES string of the molecule is CC(C)c1ccc(C(=O)NC2CCC3CCCC32)c(=O)[nH]1. The second-order valence-corrected chi connectivity index (χ2v) is 6.82. The molecule has 114 valence electrons. The number of hydrogen-bond acceptors (Lipinski definition) is 2. The highest BCUT2D eigenvalue weighted by atomic mass is 16.2. The molecule has 21 heavy (non-hydrogen) atoms. The Bertz CT molecular complexity index is 591. The van der Waals surface area contributed by atoms with E-state index in [-0.39, 0.29) is 29.0 Å². The minimum atomic E-state index is -0.278. The van der Waals surface area contributed by atoms with E-state index in [0.29, 0.717) is 5.92 Å². The van der Waals surface area contributed by atoms with Crippen molar-refractivity contribution in [3.05, 3.63) is 33.7 Å². The van der Waals surface area contributed by atoms with E-state index in [2.05, 4.69) is 10.3 Å². The molecule has 0 saturated heterocycles. The lowest BCUT2D eigenvalue weighted by Gasteiger charge is -2.20. The Balaban J connectivity index is 1.72. The van der Waals surface area contributed by atoms with Crippen LogP contribution in [0.1, 0.15) is 67.9 Å². The monoisotopic (exact) mass is 288 g/mol. The zero-order chi connectivity index (χ0) is 15.0. The predicted molar refractivity (Wildman–Crippen MR) is 82.5 cm³/mol. The van der Waals surface area contributed by atoms with E-state index < -0.39 is 0 Å². The van der Waals surface area contributed by atoms with Gasteiger partial charge in [0.15, 0.2) is 0 Å². The van der Waals surface area contributed by atoms with Crippen LogP contribution in [0.3, 0.4) is 0 Å². The van der Waals surface area contributed by atoms with Crippen LogP contribution >= 0.6 is 0 Å². The summed E-state index contributed by atoms with van der Waals surface area (Å²) in [6.45, 7) is 4.04. The lowest BCUT2D eigenvalue weighted by atomic mass is 9.97. The van der Waals surface area contributed by atoms with Crippen molar-refractivity contribution >= 4 is 5.91 Å². The molecule has 2 saturated carbocycles. The Morgan fingerprint density at radius 2 is 2.05 bits per heavy atom. The van der Waals surface area contributed by atoms with E-state index >= 15 is 0 Å². The highest BCUT2D eigenvalue weighted by Gasteiger charge is 2.39. The van der Waals surface area contributed by atoms with Crippen molar-refractivity contribution < 1.29 is 4.79 Å². The Morgan fingerprint density at radius 3 is 2.76 bits per heavy atom. The van der Waals surface area contributed by atoms with Crippen molar-refractivity contribution in [1.82, 2.24) is 10.3 Å². The molecule has 2 aliphatic carbocycles. The summed E-state index contributed by atoms with van der Waals surface area (Å²) < 4.78 is 0. The Labute approximate surface area is 125 Å². The van der Waals surface area contributed by atoms with Gasteiger partial charge in [-0.3, -0.25) is 9.59 Å². The first kappa shape index (κ1) is 14.4. The van der Waals surface area contributed by atoms with Crippen LogP contribution in [0.25, 0.3) is 0 Å². The van der Waals surface area contributed by atoms with Gasteiger partial charge in [0, 0.05) is 11.7 Å². The van der Waals surface area contributed by atoms with Crippen molar-refractivity contribution in [2.24, 2.45) is 11.8 Å². The van der Waals surface area contributed by atoms with Crippen molar-refractivity contribution in [3.63, 3.8) is 0 Å². The number of nitrogens with one attached hydrogen (secondary N) is 2. The van der Waals surface area contributed by atoms with E-state index in [1.54, 1.807) is 6.07 Å². The third-order valence-corrected chi connectivity index (χ3v) is 5.20. The number of H-pyrrole nitrogens is 1. The molecular weight excluding hydrogens is 264 g/mol. The molecule has 0 aromatic carbocycles. The first-order valence-electron chi connectivity index (χ1n) is 8.10. The zero-order valence-electron chi connectivity index (χ0n) is 12.8. The number of aromatic amines is 1. The van der Waals surface area contributed by atoms with Crippen molar-refractivity contribution in [3.8, 4) is 0 Å². The van der Waals surface area contributed by atoms with Gasteiger partial charge in [-0.05, 0) is 49.1 Å². The summed E-state index contributed by atoms with van der Waals surface area (Å²) in [7, 11) is 0. The number of amides is 1. The zero-order valence-corrected chi connectivity index (χ0v) is 12.8. The molecule has 3 rings (SSSR count). The summed E-state index contributed by atoms with van der Waals surface area (Å²) in [4.78, 5) is 27.2. The predicted octanol–water partition coefficient (Wildman–Crippen LogP) is 2.81.